The van der Waals surface area contributed by atoms with Crippen molar-refractivity contribution in [2.75, 3.05) is 10.6 Å². The molecule has 3 aromatic rings. The lowest BCUT2D eigenvalue weighted by Crippen LogP contribution is -2.30. The Kier molecular flexibility index (Phi) is 4.93. The van der Waals surface area contributed by atoms with Crippen LogP contribution in [0.3, 0.4) is 0 Å². The van der Waals surface area contributed by atoms with Crippen LogP contribution in [0.15, 0.2) is 89.1 Å². The zero-order valence-electron chi connectivity index (χ0n) is 15.0. The van der Waals surface area contributed by atoms with Crippen molar-refractivity contribution in [3.8, 4) is 0 Å². The van der Waals surface area contributed by atoms with E-state index in [-0.39, 0.29) is 18.2 Å². The van der Waals surface area contributed by atoms with Crippen LogP contribution < -0.4 is 10.6 Å². The van der Waals surface area contributed by atoms with Gasteiger partial charge >= 0.3 is 0 Å². The van der Waals surface area contributed by atoms with Gasteiger partial charge in [0.05, 0.1) is 17.3 Å². The average molecular weight is 370 g/mol. The van der Waals surface area contributed by atoms with Gasteiger partial charge in [-0.1, -0.05) is 36.4 Å². The molecule has 4 rings (SSSR count). The summed E-state index contributed by atoms with van der Waals surface area (Å²) >= 11 is 0. The Morgan fingerprint density at radius 1 is 0.857 bits per heavy atom. The number of hydrogen-bond acceptors (Lipinski definition) is 4. The summed E-state index contributed by atoms with van der Waals surface area (Å²) < 4.78 is 0. The Hall–Kier alpha value is -3.80. The number of amides is 2. The second kappa shape index (κ2) is 7.84. The molecule has 138 valence electrons. The first-order chi connectivity index (χ1) is 13.7. The Bertz CT molecular complexity index is 1030. The molecule has 0 aromatic heterocycles. The summed E-state index contributed by atoms with van der Waals surface area (Å²) in [5, 5.41) is 14.0. The normalized spacial score (nSPS) is 15.7. The van der Waals surface area contributed by atoms with Crippen molar-refractivity contribution in [3.05, 3.63) is 84.4 Å². The number of carbonyl (C=O) groups excluding carboxylic acids is 2. The van der Waals surface area contributed by atoms with Crippen molar-refractivity contribution in [1.82, 2.24) is 0 Å². The third-order valence-electron chi connectivity index (χ3n) is 4.49. The molecule has 3 aromatic carbocycles. The van der Waals surface area contributed by atoms with Crippen LogP contribution in [0.1, 0.15) is 17.9 Å². The molecule has 1 atom stereocenters. The summed E-state index contributed by atoms with van der Waals surface area (Å²) in [4.78, 5) is 24.7. The van der Waals surface area contributed by atoms with E-state index in [0.717, 1.165) is 11.3 Å². The number of benzene rings is 3. The Labute approximate surface area is 162 Å². The second-order valence-electron chi connectivity index (χ2n) is 6.46. The van der Waals surface area contributed by atoms with Crippen molar-refractivity contribution in [1.29, 1.82) is 0 Å². The van der Waals surface area contributed by atoms with Gasteiger partial charge in [-0.3, -0.25) is 9.59 Å². The smallest absolute Gasteiger partial charge is 0.232 e. The van der Waals surface area contributed by atoms with Gasteiger partial charge in [-0.25, -0.2) is 0 Å². The fourth-order valence-corrected chi connectivity index (χ4v) is 3.10. The van der Waals surface area contributed by atoms with Crippen LogP contribution in [0.5, 0.6) is 0 Å². The minimum atomic E-state index is -0.512. The average Bonchev–Trinajstić information content (AvgIpc) is 2.73. The highest BCUT2D eigenvalue weighted by atomic mass is 16.2. The third kappa shape index (κ3) is 3.96. The van der Waals surface area contributed by atoms with E-state index >= 15 is 0 Å². The van der Waals surface area contributed by atoms with Crippen molar-refractivity contribution in [3.63, 3.8) is 0 Å². The van der Waals surface area contributed by atoms with Gasteiger partial charge in [0.25, 0.3) is 0 Å². The summed E-state index contributed by atoms with van der Waals surface area (Å²) in [5.74, 6) is -0.876. The lowest BCUT2D eigenvalue weighted by Gasteiger charge is -2.24. The van der Waals surface area contributed by atoms with Gasteiger partial charge in [-0.15, -0.1) is 0 Å². The van der Waals surface area contributed by atoms with Gasteiger partial charge in [-0.2, -0.15) is 10.2 Å². The minimum absolute atomic E-state index is 0.131. The highest BCUT2D eigenvalue weighted by Crippen LogP contribution is 2.33. The first-order valence-corrected chi connectivity index (χ1v) is 8.95. The van der Waals surface area contributed by atoms with Gasteiger partial charge < -0.3 is 10.6 Å². The first-order valence-electron chi connectivity index (χ1n) is 8.95. The maximum atomic E-state index is 12.7. The fraction of sp³-hybridized carbons (Fsp3) is 0.0909. The van der Waals surface area contributed by atoms with E-state index in [1.165, 1.54) is 0 Å². The van der Waals surface area contributed by atoms with E-state index in [0.29, 0.717) is 17.1 Å². The molecule has 0 saturated heterocycles. The number of nitrogens with zero attached hydrogens (tertiary/aromatic N) is 2. The van der Waals surface area contributed by atoms with E-state index in [9.17, 15) is 9.59 Å². The monoisotopic (exact) mass is 370 g/mol. The molecular weight excluding hydrogens is 352 g/mol. The molecule has 2 N–H and O–H groups in total. The van der Waals surface area contributed by atoms with Crippen molar-refractivity contribution >= 4 is 34.6 Å². The molecule has 0 spiro atoms. The predicted octanol–water partition coefficient (Wildman–Crippen LogP) is 5.17. The predicted molar refractivity (Wildman–Crippen MR) is 108 cm³/mol. The van der Waals surface area contributed by atoms with E-state index in [2.05, 4.69) is 20.9 Å². The summed E-state index contributed by atoms with van der Waals surface area (Å²) in [7, 11) is 0. The largest absolute Gasteiger partial charge is 0.326 e. The molecule has 2 amide bonds. The second-order valence-corrected chi connectivity index (χ2v) is 6.46. The number of nitrogens with one attached hydrogen (secondary N) is 2. The standard InChI is InChI=1S/C22H18N4O2/c27-21-14-19(18-8-4-5-9-20(18)24-21)22(28)23-15-10-12-17(13-11-15)26-25-16-6-2-1-3-7-16/h1-13,19H,14H2,(H,23,28)(H,24,27). The van der Waals surface area contributed by atoms with E-state index in [1.54, 1.807) is 30.3 Å². The van der Waals surface area contributed by atoms with E-state index < -0.39 is 5.92 Å². The highest BCUT2D eigenvalue weighted by Gasteiger charge is 2.30. The number of rotatable bonds is 4. The lowest BCUT2D eigenvalue weighted by atomic mass is 9.90. The number of carbonyl (C=O) groups is 2. The van der Waals surface area contributed by atoms with Crippen LogP contribution >= 0.6 is 0 Å². The van der Waals surface area contributed by atoms with Crippen LogP contribution in [0, 0.1) is 0 Å². The summed E-state index contributed by atoms with van der Waals surface area (Å²) in [6, 6.07) is 23.9. The number of fused-ring (bicyclic) bond motifs is 1. The van der Waals surface area contributed by atoms with Crippen LogP contribution in [0.2, 0.25) is 0 Å². The topological polar surface area (TPSA) is 82.9 Å². The zero-order valence-corrected chi connectivity index (χ0v) is 15.0. The molecule has 0 aliphatic carbocycles. The van der Waals surface area contributed by atoms with E-state index in [4.69, 9.17) is 0 Å². The molecule has 6 nitrogen and oxygen atoms in total. The number of anilines is 2. The molecule has 0 fully saturated rings. The maximum absolute atomic E-state index is 12.7. The minimum Gasteiger partial charge on any atom is -0.326 e. The molecule has 0 radical (unpaired) electrons. The summed E-state index contributed by atoms with van der Waals surface area (Å²) in [6.07, 6.45) is 0.131. The zero-order chi connectivity index (χ0) is 19.3. The molecule has 0 bridgehead atoms. The lowest BCUT2D eigenvalue weighted by molar-refractivity contribution is -0.123. The van der Waals surface area contributed by atoms with Gasteiger partial charge in [0.1, 0.15) is 0 Å². The molecule has 1 heterocycles. The van der Waals surface area contributed by atoms with E-state index in [1.807, 2.05) is 48.5 Å². The molecule has 1 unspecified atom stereocenters. The molecular formula is C22H18N4O2. The molecule has 0 saturated carbocycles. The molecule has 1 aliphatic rings. The molecule has 28 heavy (non-hydrogen) atoms. The number of hydrogen-bond donors (Lipinski definition) is 2. The quantitative estimate of drug-likeness (QED) is 0.621. The summed E-state index contributed by atoms with van der Waals surface area (Å²) in [5.41, 5.74) is 3.62. The first kappa shape index (κ1) is 17.6. The Morgan fingerprint density at radius 3 is 2.25 bits per heavy atom. The molecule has 6 heteroatoms. The van der Waals surface area contributed by atoms with Crippen molar-refractivity contribution in [2.24, 2.45) is 10.2 Å². The maximum Gasteiger partial charge on any atom is 0.232 e. The van der Waals surface area contributed by atoms with Gasteiger partial charge in [0.15, 0.2) is 0 Å². The van der Waals surface area contributed by atoms with Gasteiger partial charge in [0, 0.05) is 17.8 Å². The summed E-state index contributed by atoms with van der Waals surface area (Å²) in [6.45, 7) is 0. The van der Waals surface area contributed by atoms with Crippen LogP contribution in [0.4, 0.5) is 22.7 Å². The fourth-order valence-electron chi connectivity index (χ4n) is 3.10. The SMILES string of the molecule is O=C1CC(C(=O)Nc2ccc(N=Nc3ccccc3)cc2)c2ccccc2N1. The Balaban J connectivity index is 1.45. The Morgan fingerprint density at radius 2 is 1.50 bits per heavy atom. The van der Waals surface area contributed by atoms with Crippen LogP contribution in [-0.4, -0.2) is 11.8 Å². The number of azo groups is 1. The van der Waals surface area contributed by atoms with Gasteiger partial charge in [-0.05, 0) is 48.0 Å². The third-order valence-corrected chi connectivity index (χ3v) is 4.49. The molecule has 1 aliphatic heterocycles. The van der Waals surface area contributed by atoms with Crippen LogP contribution in [0.25, 0.3) is 0 Å². The highest BCUT2D eigenvalue weighted by molar-refractivity contribution is 6.05. The van der Waals surface area contributed by atoms with Gasteiger partial charge in [0.2, 0.25) is 11.8 Å². The van der Waals surface area contributed by atoms with Crippen molar-refractivity contribution < 1.29 is 9.59 Å². The van der Waals surface area contributed by atoms with Crippen molar-refractivity contribution in [2.45, 2.75) is 12.3 Å². The number of para-hydroxylation sites is 1. The van der Waals surface area contributed by atoms with Crippen LogP contribution in [-0.2, 0) is 9.59 Å².